The van der Waals surface area contributed by atoms with E-state index in [1.807, 2.05) is 0 Å². The molecule has 0 saturated heterocycles. The second-order valence-corrected chi connectivity index (χ2v) is 5.22. The summed E-state index contributed by atoms with van der Waals surface area (Å²) in [6.45, 7) is -0.107. The molecular weight excluding hydrogens is 272 g/mol. The monoisotopic (exact) mass is 290 g/mol. The Bertz CT molecular complexity index is 547. The van der Waals surface area contributed by atoms with Gasteiger partial charge in [0.1, 0.15) is 0 Å². The molecule has 112 valence electrons. The first-order valence-electron chi connectivity index (χ1n) is 6.91. The molecule has 1 aliphatic carbocycles. The van der Waals surface area contributed by atoms with Crippen LogP contribution in [0.4, 0.5) is 0 Å². The van der Waals surface area contributed by atoms with Gasteiger partial charge in [0.2, 0.25) is 5.91 Å². The summed E-state index contributed by atoms with van der Waals surface area (Å²) in [7, 11) is 0. The Morgan fingerprint density at radius 3 is 2.10 bits per heavy atom. The molecule has 0 radical (unpaired) electrons. The van der Waals surface area contributed by atoms with Gasteiger partial charge in [-0.1, -0.05) is 12.8 Å². The Morgan fingerprint density at radius 1 is 1.10 bits per heavy atom. The molecule has 0 heterocycles. The van der Waals surface area contributed by atoms with Crippen LogP contribution in [0.5, 0.6) is 0 Å². The van der Waals surface area contributed by atoms with E-state index in [4.69, 9.17) is 10.8 Å². The summed E-state index contributed by atoms with van der Waals surface area (Å²) in [5, 5.41) is 8.86. The molecule has 0 atom stereocenters. The van der Waals surface area contributed by atoms with E-state index in [2.05, 4.69) is 0 Å². The minimum atomic E-state index is -1.04. The normalized spacial score (nSPS) is 14.9. The van der Waals surface area contributed by atoms with Crippen molar-refractivity contribution in [3.05, 3.63) is 35.4 Å². The van der Waals surface area contributed by atoms with E-state index < -0.39 is 11.9 Å². The average Bonchev–Trinajstić information content (AvgIpc) is 2.98. The highest BCUT2D eigenvalue weighted by molar-refractivity contribution is 5.97. The van der Waals surface area contributed by atoms with Gasteiger partial charge in [0.05, 0.1) is 12.1 Å². The lowest BCUT2D eigenvalue weighted by Crippen LogP contribution is -2.44. The molecule has 6 nitrogen and oxygen atoms in total. The number of carbonyl (C=O) groups is 3. The fraction of sp³-hybridized carbons (Fsp3) is 0.400. The van der Waals surface area contributed by atoms with Crippen molar-refractivity contribution in [2.24, 2.45) is 5.73 Å². The van der Waals surface area contributed by atoms with Crippen LogP contribution in [0.15, 0.2) is 24.3 Å². The molecule has 0 spiro atoms. The molecule has 1 fully saturated rings. The number of rotatable bonds is 5. The lowest BCUT2D eigenvalue weighted by atomic mass is 10.1. The third-order valence-corrected chi connectivity index (χ3v) is 3.73. The average molecular weight is 290 g/mol. The van der Waals surface area contributed by atoms with E-state index in [9.17, 15) is 14.4 Å². The number of carboxylic acid groups (broad SMARTS) is 1. The van der Waals surface area contributed by atoms with Gasteiger partial charge in [-0.2, -0.15) is 0 Å². The SMILES string of the molecule is NC(=O)CN(C(=O)c1ccc(C(=O)O)cc1)C1CCCC1. The molecule has 2 amide bonds. The summed E-state index contributed by atoms with van der Waals surface area (Å²) in [5.74, 6) is -1.87. The third-order valence-electron chi connectivity index (χ3n) is 3.73. The van der Waals surface area contributed by atoms with Crippen LogP contribution in [-0.4, -0.2) is 40.4 Å². The predicted octanol–water partition coefficient (Wildman–Crippen LogP) is 1.25. The largest absolute Gasteiger partial charge is 0.478 e. The van der Waals surface area contributed by atoms with Gasteiger partial charge in [0.25, 0.3) is 5.91 Å². The van der Waals surface area contributed by atoms with E-state index in [0.717, 1.165) is 25.7 Å². The fourth-order valence-corrected chi connectivity index (χ4v) is 2.67. The van der Waals surface area contributed by atoms with Gasteiger partial charge >= 0.3 is 5.97 Å². The molecule has 3 N–H and O–H groups in total. The summed E-state index contributed by atoms with van der Waals surface area (Å²) < 4.78 is 0. The van der Waals surface area contributed by atoms with Gasteiger partial charge in [0.15, 0.2) is 0 Å². The number of amides is 2. The molecule has 1 aromatic rings. The van der Waals surface area contributed by atoms with E-state index in [1.54, 1.807) is 0 Å². The zero-order chi connectivity index (χ0) is 15.4. The van der Waals surface area contributed by atoms with Crippen molar-refractivity contribution in [1.82, 2.24) is 4.90 Å². The Balaban J connectivity index is 2.20. The van der Waals surface area contributed by atoms with Crippen molar-refractivity contribution >= 4 is 17.8 Å². The van der Waals surface area contributed by atoms with Crippen LogP contribution >= 0.6 is 0 Å². The molecule has 2 rings (SSSR count). The Morgan fingerprint density at radius 2 is 1.62 bits per heavy atom. The van der Waals surface area contributed by atoms with Crippen LogP contribution in [0.3, 0.4) is 0 Å². The van der Waals surface area contributed by atoms with Gasteiger partial charge in [-0.3, -0.25) is 9.59 Å². The van der Waals surface area contributed by atoms with Gasteiger partial charge in [-0.25, -0.2) is 4.79 Å². The van der Waals surface area contributed by atoms with Crippen molar-refractivity contribution in [2.45, 2.75) is 31.7 Å². The van der Waals surface area contributed by atoms with Crippen LogP contribution in [0, 0.1) is 0 Å². The van der Waals surface area contributed by atoms with E-state index in [-0.39, 0.29) is 24.1 Å². The first-order chi connectivity index (χ1) is 9.99. The molecular formula is C15H18N2O4. The zero-order valence-electron chi connectivity index (χ0n) is 11.6. The molecule has 0 unspecified atom stereocenters. The van der Waals surface area contributed by atoms with Gasteiger partial charge in [0, 0.05) is 11.6 Å². The van der Waals surface area contributed by atoms with Crippen molar-refractivity contribution in [2.75, 3.05) is 6.54 Å². The highest BCUT2D eigenvalue weighted by Gasteiger charge is 2.28. The summed E-state index contributed by atoms with van der Waals surface area (Å²) in [6.07, 6.45) is 3.80. The zero-order valence-corrected chi connectivity index (χ0v) is 11.6. The van der Waals surface area contributed by atoms with Crippen molar-refractivity contribution in [3.63, 3.8) is 0 Å². The lowest BCUT2D eigenvalue weighted by molar-refractivity contribution is -0.119. The Hall–Kier alpha value is -2.37. The molecule has 1 saturated carbocycles. The van der Waals surface area contributed by atoms with Crippen LogP contribution in [-0.2, 0) is 4.79 Å². The summed E-state index contributed by atoms with van der Waals surface area (Å²) >= 11 is 0. The van der Waals surface area contributed by atoms with Crippen LogP contribution in [0.25, 0.3) is 0 Å². The Kier molecular flexibility index (Phi) is 4.57. The molecule has 0 aliphatic heterocycles. The Labute approximate surface area is 122 Å². The number of hydrogen-bond donors (Lipinski definition) is 2. The first kappa shape index (κ1) is 15.0. The van der Waals surface area contributed by atoms with Gasteiger partial charge < -0.3 is 15.7 Å². The number of nitrogens with two attached hydrogens (primary N) is 1. The number of benzene rings is 1. The summed E-state index contributed by atoms with van der Waals surface area (Å²) in [5.41, 5.74) is 5.72. The number of nitrogens with zero attached hydrogens (tertiary/aromatic N) is 1. The number of carboxylic acids is 1. The summed E-state index contributed by atoms with van der Waals surface area (Å²) in [6, 6.07) is 5.73. The minimum absolute atomic E-state index is 0.0316. The van der Waals surface area contributed by atoms with Crippen LogP contribution in [0.2, 0.25) is 0 Å². The molecule has 1 aromatic carbocycles. The maximum atomic E-state index is 12.5. The van der Waals surface area contributed by atoms with Crippen LogP contribution < -0.4 is 5.73 Å². The van der Waals surface area contributed by atoms with E-state index in [1.165, 1.54) is 29.2 Å². The number of carbonyl (C=O) groups excluding carboxylic acids is 2. The highest BCUT2D eigenvalue weighted by Crippen LogP contribution is 2.24. The minimum Gasteiger partial charge on any atom is -0.478 e. The third kappa shape index (κ3) is 3.59. The standard InChI is InChI=1S/C15H18N2O4/c16-13(18)9-17(12-3-1-2-4-12)14(19)10-5-7-11(8-6-10)15(20)21/h5-8,12H,1-4,9H2,(H2,16,18)(H,20,21). The molecule has 0 bridgehead atoms. The second kappa shape index (κ2) is 6.39. The fourth-order valence-electron chi connectivity index (χ4n) is 2.67. The first-order valence-corrected chi connectivity index (χ1v) is 6.91. The highest BCUT2D eigenvalue weighted by atomic mass is 16.4. The summed E-state index contributed by atoms with van der Waals surface area (Å²) in [4.78, 5) is 36.0. The quantitative estimate of drug-likeness (QED) is 0.852. The van der Waals surface area contributed by atoms with Gasteiger partial charge in [-0.15, -0.1) is 0 Å². The van der Waals surface area contributed by atoms with Crippen molar-refractivity contribution in [1.29, 1.82) is 0 Å². The van der Waals surface area contributed by atoms with Crippen molar-refractivity contribution < 1.29 is 19.5 Å². The van der Waals surface area contributed by atoms with Crippen molar-refractivity contribution in [3.8, 4) is 0 Å². The number of primary amides is 1. The molecule has 6 heteroatoms. The molecule has 21 heavy (non-hydrogen) atoms. The predicted molar refractivity (Wildman–Crippen MR) is 75.9 cm³/mol. The van der Waals surface area contributed by atoms with Gasteiger partial charge in [-0.05, 0) is 37.1 Å². The molecule has 1 aliphatic rings. The van der Waals surface area contributed by atoms with E-state index >= 15 is 0 Å². The molecule has 0 aromatic heterocycles. The number of aromatic carboxylic acids is 1. The lowest BCUT2D eigenvalue weighted by Gasteiger charge is -2.27. The topological polar surface area (TPSA) is 101 Å². The van der Waals surface area contributed by atoms with E-state index in [0.29, 0.717) is 5.56 Å². The maximum absolute atomic E-state index is 12.5. The number of hydrogen-bond acceptors (Lipinski definition) is 3. The van der Waals surface area contributed by atoms with Crippen LogP contribution in [0.1, 0.15) is 46.4 Å². The maximum Gasteiger partial charge on any atom is 0.335 e. The second-order valence-electron chi connectivity index (χ2n) is 5.22. The smallest absolute Gasteiger partial charge is 0.335 e.